The van der Waals surface area contributed by atoms with Gasteiger partial charge in [-0.3, -0.25) is 9.89 Å². The molecule has 0 unspecified atom stereocenters. The molecule has 0 spiro atoms. The number of benzene rings is 1. The molecule has 3 rings (SSSR count). The zero-order valence-electron chi connectivity index (χ0n) is 17.4. The summed E-state index contributed by atoms with van der Waals surface area (Å²) in [5.74, 6) is 7.16. The van der Waals surface area contributed by atoms with Crippen LogP contribution in [0.15, 0.2) is 39.8 Å². The molecule has 168 valence electrons. The number of alkyl halides is 3. The Labute approximate surface area is 196 Å². The molecular formula is C21H25F3IN5O. The third kappa shape index (κ3) is 7.43. The number of halogens is 4. The molecule has 10 heteroatoms. The van der Waals surface area contributed by atoms with Crippen molar-refractivity contribution in [2.24, 2.45) is 4.99 Å². The van der Waals surface area contributed by atoms with Gasteiger partial charge in [0.2, 0.25) is 0 Å². The fraction of sp³-hybridized carbons (Fsp3) is 0.429. The summed E-state index contributed by atoms with van der Waals surface area (Å²) in [6.45, 7) is 6.25. The fourth-order valence-electron chi connectivity index (χ4n) is 3.21. The Balaban J connectivity index is 0.00000341. The Kier molecular flexibility index (Phi) is 9.18. The first-order chi connectivity index (χ1) is 14.3. The Morgan fingerprint density at radius 3 is 2.58 bits per heavy atom. The van der Waals surface area contributed by atoms with E-state index in [0.717, 1.165) is 62.3 Å². The zero-order chi connectivity index (χ0) is 21.6. The lowest BCUT2D eigenvalue weighted by molar-refractivity contribution is -0.137. The second-order valence-electron chi connectivity index (χ2n) is 6.97. The van der Waals surface area contributed by atoms with E-state index < -0.39 is 11.7 Å². The number of piperazine rings is 1. The van der Waals surface area contributed by atoms with Crippen molar-refractivity contribution < 1.29 is 17.7 Å². The van der Waals surface area contributed by atoms with Crippen LogP contribution in [0.2, 0.25) is 0 Å². The molecule has 1 aromatic carbocycles. The van der Waals surface area contributed by atoms with Crippen molar-refractivity contribution in [1.29, 1.82) is 0 Å². The Morgan fingerprint density at radius 2 is 1.97 bits per heavy atom. The van der Waals surface area contributed by atoms with Gasteiger partial charge in [0.05, 0.1) is 17.8 Å². The largest absolute Gasteiger partial charge is 0.416 e. The van der Waals surface area contributed by atoms with Crippen LogP contribution < -0.4 is 5.32 Å². The summed E-state index contributed by atoms with van der Waals surface area (Å²) in [5, 5.41) is 7.19. The zero-order valence-corrected chi connectivity index (χ0v) is 19.7. The van der Waals surface area contributed by atoms with Gasteiger partial charge >= 0.3 is 6.18 Å². The van der Waals surface area contributed by atoms with Crippen LogP contribution in [-0.4, -0.2) is 60.7 Å². The van der Waals surface area contributed by atoms with Crippen LogP contribution >= 0.6 is 24.0 Å². The number of aryl methyl sites for hydroxylation is 1. The average molecular weight is 547 g/mol. The topological polar surface area (TPSA) is 56.9 Å². The van der Waals surface area contributed by atoms with E-state index in [1.165, 1.54) is 6.07 Å². The Hall–Kier alpha value is -2.26. The van der Waals surface area contributed by atoms with Crippen LogP contribution in [0, 0.1) is 18.8 Å². The number of aromatic nitrogens is 1. The molecule has 1 N–H and O–H groups in total. The van der Waals surface area contributed by atoms with E-state index in [9.17, 15) is 13.2 Å². The van der Waals surface area contributed by atoms with Crippen molar-refractivity contribution in [3.63, 3.8) is 0 Å². The van der Waals surface area contributed by atoms with E-state index in [2.05, 4.69) is 37.1 Å². The number of hydrogen-bond donors (Lipinski definition) is 1. The summed E-state index contributed by atoms with van der Waals surface area (Å²) >= 11 is 0. The highest BCUT2D eigenvalue weighted by Crippen LogP contribution is 2.29. The second kappa shape index (κ2) is 11.4. The molecule has 0 radical (unpaired) electrons. The monoisotopic (exact) mass is 547 g/mol. The molecule has 0 atom stereocenters. The molecule has 1 saturated heterocycles. The highest BCUT2D eigenvalue weighted by atomic mass is 127. The van der Waals surface area contributed by atoms with Gasteiger partial charge in [0.15, 0.2) is 5.96 Å². The SMILES string of the molecule is CN=C(NCC#Cc1cccc(C(F)(F)F)c1)N1CCN(Cc2cc(C)on2)CC1.I. The lowest BCUT2D eigenvalue weighted by Gasteiger charge is -2.35. The maximum absolute atomic E-state index is 12.8. The van der Waals surface area contributed by atoms with Crippen molar-refractivity contribution >= 4 is 29.9 Å². The molecule has 1 aromatic heterocycles. The predicted octanol–water partition coefficient (Wildman–Crippen LogP) is 3.36. The highest BCUT2D eigenvalue weighted by Gasteiger charge is 2.30. The summed E-state index contributed by atoms with van der Waals surface area (Å²) in [4.78, 5) is 8.72. The van der Waals surface area contributed by atoms with E-state index in [4.69, 9.17) is 4.52 Å². The average Bonchev–Trinajstić information content (AvgIpc) is 3.13. The number of rotatable bonds is 3. The van der Waals surface area contributed by atoms with E-state index in [-0.39, 0.29) is 24.0 Å². The fourth-order valence-corrected chi connectivity index (χ4v) is 3.21. The molecule has 0 amide bonds. The summed E-state index contributed by atoms with van der Waals surface area (Å²) in [6.07, 6.45) is -4.37. The van der Waals surface area contributed by atoms with Crippen molar-refractivity contribution in [3.8, 4) is 11.8 Å². The first kappa shape index (κ1) is 25.0. The van der Waals surface area contributed by atoms with E-state index >= 15 is 0 Å². The van der Waals surface area contributed by atoms with Crippen LogP contribution in [0.4, 0.5) is 13.2 Å². The molecule has 31 heavy (non-hydrogen) atoms. The van der Waals surface area contributed by atoms with Crippen molar-refractivity contribution in [2.75, 3.05) is 39.8 Å². The third-order valence-corrected chi connectivity index (χ3v) is 4.70. The number of nitrogens with one attached hydrogen (secondary N) is 1. The maximum Gasteiger partial charge on any atom is 0.416 e. The van der Waals surface area contributed by atoms with E-state index in [1.807, 2.05) is 13.0 Å². The number of aliphatic imine (C=N–C) groups is 1. The van der Waals surface area contributed by atoms with Gasteiger partial charge in [-0.25, -0.2) is 0 Å². The highest BCUT2D eigenvalue weighted by molar-refractivity contribution is 14.0. The molecule has 1 aliphatic rings. The number of hydrogen-bond acceptors (Lipinski definition) is 4. The van der Waals surface area contributed by atoms with Crippen LogP contribution in [0.25, 0.3) is 0 Å². The quantitative estimate of drug-likeness (QED) is 0.277. The van der Waals surface area contributed by atoms with Crippen LogP contribution in [0.3, 0.4) is 0 Å². The first-order valence-corrected chi connectivity index (χ1v) is 9.61. The van der Waals surface area contributed by atoms with Gasteiger partial charge in [0.1, 0.15) is 5.76 Å². The second-order valence-corrected chi connectivity index (χ2v) is 6.97. The van der Waals surface area contributed by atoms with Gasteiger partial charge in [0.25, 0.3) is 0 Å². The molecule has 2 heterocycles. The molecule has 1 fully saturated rings. The van der Waals surface area contributed by atoms with Crippen molar-refractivity contribution in [3.05, 3.63) is 52.9 Å². The molecule has 0 aliphatic carbocycles. The smallest absolute Gasteiger partial charge is 0.361 e. The normalized spacial score (nSPS) is 15.1. The van der Waals surface area contributed by atoms with Crippen molar-refractivity contribution in [1.82, 2.24) is 20.3 Å². The van der Waals surface area contributed by atoms with Gasteiger partial charge < -0.3 is 14.7 Å². The van der Waals surface area contributed by atoms with Gasteiger partial charge in [0, 0.05) is 51.4 Å². The van der Waals surface area contributed by atoms with E-state index in [1.54, 1.807) is 13.1 Å². The standard InChI is InChI=1S/C21H24F3N5O.HI/c1-16-13-19(27-30-16)15-28-9-11-29(12-10-28)20(25-2)26-8-4-6-17-5-3-7-18(14-17)21(22,23)24;/h3,5,7,13-14H,8-12,15H2,1-2H3,(H,25,26);1H. The molecular weight excluding hydrogens is 522 g/mol. The lowest BCUT2D eigenvalue weighted by Crippen LogP contribution is -2.52. The molecule has 0 bridgehead atoms. The van der Waals surface area contributed by atoms with Crippen LogP contribution in [0.5, 0.6) is 0 Å². The summed E-state index contributed by atoms with van der Waals surface area (Å²) in [6, 6.07) is 6.95. The van der Waals surface area contributed by atoms with Crippen molar-refractivity contribution in [2.45, 2.75) is 19.6 Å². The van der Waals surface area contributed by atoms with Gasteiger partial charge in [-0.15, -0.1) is 24.0 Å². The minimum Gasteiger partial charge on any atom is -0.361 e. The summed E-state index contributed by atoms with van der Waals surface area (Å²) in [5.41, 5.74) is 0.559. The number of guanidine groups is 1. The van der Waals surface area contributed by atoms with Crippen LogP contribution in [-0.2, 0) is 12.7 Å². The molecule has 1 aliphatic heterocycles. The Bertz CT molecular complexity index is 940. The molecule has 0 saturated carbocycles. The predicted molar refractivity (Wildman–Crippen MR) is 123 cm³/mol. The molecule has 6 nitrogen and oxygen atoms in total. The number of nitrogens with zero attached hydrogens (tertiary/aromatic N) is 4. The minimum absolute atomic E-state index is 0. The summed E-state index contributed by atoms with van der Waals surface area (Å²) < 4.78 is 43.4. The van der Waals surface area contributed by atoms with Crippen LogP contribution in [0.1, 0.15) is 22.6 Å². The van der Waals surface area contributed by atoms with Gasteiger partial charge in [-0.1, -0.05) is 23.1 Å². The van der Waals surface area contributed by atoms with Gasteiger partial charge in [-0.05, 0) is 25.1 Å². The van der Waals surface area contributed by atoms with Gasteiger partial charge in [-0.2, -0.15) is 13.2 Å². The first-order valence-electron chi connectivity index (χ1n) is 9.61. The maximum atomic E-state index is 12.8. The molecule has 2 aromatic rings. The van der Waals surface area contributed by atoms with E-state index in [0.29, 0.717) is 12.1 Å². The third-order valence-electron chi connectivity index (χ3n) is 4.70. The lowest BCUT2D eigenvalue weighted by atomic mass is 10.1. The minimum atomic E-state index is -4.37. The summed E-state index contributed by atoms with van der Waals surface area (Å²) in [7, 11) is 1.70. The Morgan fingerprint density at radius 1 is 1.23 bits per heavy atom.